The van der Waals surface area contributed by atoms with E-state index in [-0.39, 0.29) is 0 Å². The minimum atomic E-state index is 0.420. The van der Waals surface area contributed by atoms with Crippen molar-refractivity contribution in [2.75, 3.05) is 7.05 Å². The predicted molar refractivity (Wildman–Crippen MR) is 65.8 cm³/mol. The van der Waals surface area contributed by atoms with E-state index in [0.717, 1.165) is 5.92 Å². The van der Waals surface area contributed by atoms with Crippen LogP contribution in [-0.4, -0.2) is 43.9 Å². The van der Waals surface area contributed by atoms with Crippen LogP contribution >= 0.6 is 0 Å². The fourth-order valence-corrected chi connectivity index (χ4v) is 2.67. The van der Waals surface area contributed by atoms with Gasteiger partial charge in [-0.3, -0.25) is 0 Å². The molecule has 14 heavy (non-hydrogen) atoms. The van der Waals surface area contributed by atoms with Gasteiger partial charge >= 0.3 is 30.8 Å². The minimum absolute atomic E-state index is 0.420. The van der Waals surface area contributed by atoms with Crippen LogP contribution in [0.3, 0.4) is 0 Å². The van der Waals surface area contributed by atoms with Crippen molar-refractivity contribution in [1.82, 2.24) is 5.32 Å². The summed E-state index contributed by atoms with van der Waals surface area (Å²) in [5.41, 5.74) is 0.420. The maximum absolute atomic E-state index is 3.48. The zero-order valence-corrected chi connectivity index (χ0v) is 11.0. The third-order valence-corrected chi connectivity index (χ3v) is 3.12. The number of rotatable bonds is 2. The van der Waals surface area contributed by atoms with Crippen molar-refractivity contribution in [2.24, 2.45) is 11.3 Å². The molecule has 1 aliphatic carbocycles. The van der Waals surface area contributed by atoms with Crippen LogP contribution in [0.5, 0.6) is 0 Å². The third-order valence-electron chi connectivity index (χ3n) is 3.12. The summed E-state index contributed by atoms with van der Waals surface area (Å²) in [6, 6.07) is 0.708. The summed E-state index contributed by atoms with van der Waals surface area (Å²) in [5.74, 6) is 0.926. The van der Waals surface area contributed by atoms with Crippen molar-refractivity contribution in [3.63, 3.8) is 0 Å². The van der Waals surface area contributed by atoms with Crippen LogP contribution in [0.2, 0.25) is 0 Å². The first-order chi connectivity index (χ1) is 6.55. The molecular weight excluding hydrogens is 160 g/mol. The summed E-state index contributed by atoms with van der Waals surface area (Å²) < 4.78 is 0. The molecule has 0 aliphatic heterocycles. The van der Waals surface area contributed by atoms with Gasteiger partial charge in [0.15, 0.2) is 0 Å². The van der Waals surface area contributed by atoms with Gasteiger partial charge in [-0.15, -0.1) is 0 Å². The summed E-state index contributed by atoms with van der Waals surface area (Å²) in [6.07, 6.45) is 5.75. The second kappa shape index (κ2) is 7.43. The molecule has 1 fully saturated rings. The Hall–Kier alpha value is 1.15. The summed E-state index contributed by atoms with van der Waals surface area (Å²) in [6.45, 7) is 7.02. The van der Waals surface area contributed by atoms with E-state index in [1.807, 2.05) is 30.8 Å². The molecule has 74 valence electrons. The van der Waals surface area contributed by atoms with Crippen molar-refractivity contribution in [1.29, 1.82) is 0 Å². The molecule has 1 N–H and O–H groups in total. The Labute approximate surface area is 107 Å². The Morgan fingerprint density at radius 3 is 1.86 bits per heavy atom. The van der Waals surface area contributed by atoms with Crippen molar-refractivity contribution >= 4 is 30.8 Å². The molecule has 1 atom stereocenters. The predicted octanol–water partition coefficient (Wildman–Crippen LogP) is 2.05. The Morgan fingerprint density at radius 2 is 1.57 bits per heavy atom. The van der Waals surface area contributed by atoms with Gasteiger partial charge < -0.3 is 5.32 Å². The Morgan fingerprint density at radius 1 is 1.14 bits per heavy atom. The quantitative estimate of drug-likeness (QED) is 0.646. The molecule has 1 aliphatic rings. The van der Waals surface area contributed by atoms with Crippen LogP contribution in [0, 0.1) is 11.3 Å². The van der Waals surface area contributed by atoms with E-state index in [1.54, 1.807) is 0 Å². The van der Waals surface area contributed by atoms with Crippen LogP contribution in [0.15, 0.2) is 0 Å². The second-order valence-electron chi connectivity index (χ2n) is 5.18. The van der Waals surface area contributed by atoms with Crippen molar-refractivity contribution in [3.05, 3.63) is 0 Å². The van der Waals surface area contributed by atoms with E-state index >= 15 is 0 Å². The van der Waals surface area contributed by atoms with Gasteiger partial charge in [0.05, 0.1) is 0 Å². The van der Waals surface area contributed by atoms with Gasteiger partial charge in [-0.05, 0) is 31.2 Å². The van der Waals surface area contributed by atoms with Crippen molar-refractivity contribution < 1.29 is 0 Å². The number of nitrogens with one attached hydrogen (secondary N) is 1. The molecule has 1 nitrogen and oxygen atoms in total. The fraction of sp³-hybridized carbons (Fsp3) is 1.00. The summed E-state index contributed by atoms with van der Waals surface area (Å²) >= 11 is 4.00. The van der Waals surface area contributed by atoms with Crippen LogP contribution in [0.4, 0.5) is 0 Å². The van der Waals surface area contributed by atoms with Crippen LogP contribution in [0.25, 0.3) is 0 Å². The van der Waals surface area contributed by atoms with Gasteiger partial charge in [0.25, 0.3) is 0 Å². The molecule has 3 heteroatoms. The van der Waals surface area contributed by atoms with Gasteiger partial charge in [0.2, 0.25) is 0 Å². The van der Waals surface area contributed by atoms with E-state index in [2.05, 4.69) is 33.1 Å². The monoisotopic (exact) mass is 183 g/mol. The molecule has 0 spiro atoms. The molecular formula is C11H23Li2N. The Bertz CT molecular complexity index is 137. The molecule has 0 aromatic carbocycles. The molecule has 0 bridgehead atoms. The first kappa shape index (κ1) is 15.2. The van der Waals surface area contributed by atoms with Crippen molar-refractivity contribution in [3.8, 4) is 0 Å². The van der Waals surface area contributed by atoms with Gasteiger partial charge in [-0.1, -0.05) is 33.6 Å². The summed E-state index contributed by atoms with van der Waals surface area (Å²) in [4.78, 5) is 0. The molecule has 1 rings (SSSR count). The number of hydrogen-bond donors (Lipinski definition) is 1. The van der Waals surface area contributed by atoms with Gasteiger partial charge in [-0.2, -0.15) is 0 Å². The summed E-state index contributed by atoms with van der Waals surface area (Å²) in [7, 11) is 2.11. The molecule has 0 saturated heterocycles. The normalized spacial score (nSPS) is 20.3. The molecule has 0 radical (unpaired) electrons. The van der Waals surface area contributed by atoms with Crippen molar-refractivity contribution in [2.45, 2.75) is 52.5 Å². The first-order valence-corrected chi connectivity index (χ1v) is 6.23. The van der Waals surface area contributed by atoms with Crippen LogP contribution < -0.4 is 5.32 Å². The molecule has 1 saturated carbocycles. The summed E-state index contributed by atoms with van der Waals surface area (Å²) in [5, 5.41) is 3.48. The SMILES string of the molecule is CNC(C1CCCC1)C(C)(C)C.[Li][Li]. The van der Waals surface area contributed by atoms with Crippen LogP contribution in [0.1, 0.15) is 46.5 Å². The Balaban J connectivity index is 0.000000791. The molecule has 0 aromatic heterocycles. The fourth-order valence-electron chi connectivity index (χ4n) is 2.67. The third kappa shape index (κ3) is 4.78. The van der Waals surface area contributed by atoms with E-state index in [1.165, 1.54) is 25.7 Å². The zero-order valence-electron chi connectivity index (χ0n) is 11.0. The topological polar surface area (TPSA) is 12.0 Å². The number of hydrogen-bond acceptors (Lipinski definition) is 1. The second-order valence-corrected chi connectivity index (χ2v) is 5.18. The van der Waals surface area contributed by atoms with E-state index < -0.39 is 0 Å². The maximum atomic E-state index is 3.48. The zero-order chi connectivity index (χ0) is 11.2. The van der Waals surface area contributed by atoms with E-state index in [4.69, 9.17) is 0 Å². The Kier molecular flexibility index (Phi) is 8.04. The van der Waals surface area contributed by atoms with E-state index in [0.29, 0.717) is 11.5 Å². The van der Waals surface area contributed by atoms with Gasteiger partial charge in [0, 0.05) is 6.04 Å². The standard InChI is InChI=1S/C11H23N.2Li/c1-11(2,3)10(12-4)9-7-5-6-8-9;;/h9-10,12H,5-8H2,1-4H3;;. The van der Waals surface area contributed by atoms with Gasteiger partial charge in [0.1, 0.15) is 0 Å². The van der Waals surface area contributed by atoms with E-state index in [9.17, 15) is 0 Å². The molecule has 0 heterocycles. The average molecular weight is 183 g/mol. The van der Waals surface area contributed by atoms with Crippen LogP contribution in [-0.2, 0) is 0 Å². The molecule has 0 aromatic rings. The molecule has 1 unspecified atom stereocenters. The average Bonchev–Trinajstić information content (AvgIpc) is 2.60. The van der Waals surface area contributed by atoms with Gasteiger partial charge in [-0.25, -0.2) is 0 Å². The molecule has 0 amide bonds. The first-order valence-electron chi connectivity index (χ1n) is 6.23.